The lowest BCUT2D eigenvalue weighted by Gasteiger charge is -2.52. The topological polar surface area (TPSA) is 80.1 Å². The molecule has 1 atom stereocenters. The summed E-state index contributed by atoms with van der Waals surface area (Å²) in [7, 11) is -1.06. The maximum absolute atomic E-state index is 13.6. The van der Waals surface area contributed by atoms with E-state index in [0.717, 1.165) is 67.8 Å². The molecule has 3 heterocycles. The zero-order valence-electron chi connectivity index (χ0n) is 24.0. The third-order valence-corrected chi connectivity index (χ3v) is 11.3. The van der Waals surface area contributed by atoms with Crippen molar-refractivity contribution in [2.24, 2.45) is 5.41 Å². The van der Waals surface area contributed by atoms with E-state index in [-0.39, 0.29) is 11.3 Å². The van der Waals surface area contributed by atoms with Gasteiger partial charge >= 0.3 is 0 Å². The van der Waals surface area contributed by atoms with Crippen LogP contribution in [0.2, 0.25) is 0 Å². The van der Waals surface area contributed by atoms with Gasteiger partial charge in [0.15, 0.2) is 0 Å². The molecule has 41 heavy (non-hydrogen) atoms. The van der Waals surface area contributed by atoms with Crippen molar-refractivity contribution in [2.45, 2.75) is 101 Å². The summed E-state index contributed by atoms with van der Waals surface area (Å²) in [5.41, 5.74) is 1.25. The first kappa shape index (κ1) is 28.4. The van der Waals surface area contributed by atoms with Crippen LogP contribution < -0.4 is 10.9 Å². The maximum atomic E-state index is 13.6. The van der Waals surface area contributed by atoms with Gasteiger partial charge in [-0.3, -0.25) is 13.6 Å². The van der Waals surface area contributed by atoms with Gasteiger partial charge in [0.05, 0.1) is 16.4 Å². The molecule has 1 N–H and O–H groups in total. The normalized spacial score (nSPS) is 20.8. The van der Waals surface area contributed by atoms with Gasteiger partial charge in [-0.1, -0.05) is 12.8 Å². The Bertz CT molecular complexity index is 1520. The molecular formula is C31H39F2N5O2S. The van der Waals surface area contributed by atoms with Crippen molar-refractivity contribution in [2.75, 3.05) is 18.4 Å². The number of benzene rings is 1. The van der Waals surface area contributed by atoms with Gasteiger partial charge in [-0.05, 0) is 108 Å². The molecular weight excluding hydrogens is 544 g/mol. The molecule has 3 aliphatic rings. The zero-order valence-corrected chi connectivity index (χ0v) is 24.9. The Labute approximate surface area is 242 Å². The molecule has 6 rings (SSSR count). The minimum absolute atomic E-state index is 0.143. The van der Waals surface area contributed by atoms with Crippen molar-refractivity contribution in [3.05, 3.63) is 51.9 Å². The Kier molecular flexibility index (Phi) is 7.74. The van der Waals surface area contributed by atoms with Crippen LogP contribution in [0.1, 0.15) is 88.8 Å². The lowest BCUT2D eigenvalue weighted by molar-refractivity contribution is 0.0257. The van der Waals surface area contributed by atoms with E-state index in [1.165, 1.54) is 29.7 Å². The van der Waals surface area contributed by atoms with Crippen LogP contribution in [0.3, 0.4) is 0 Å². The van der Waals surface area contributed by atoms with Gasteiger partial charge in [0.2, 0.25) is 5.95 Å². The van der Waals surface area contributed by atoms with E-state index in [0.29, 0.717) is 28.4 Å². The summed E-state index contributed by atoms with van der Waals surface area (Å²) in [6.45, 7) is 8.74. The molecule has 7 nitrogen and oxygen atoms in total. The number of hydrogen-bond donors (Lipinski definition) is 1. The number of halogens is 2. The fourth-order valence-electron chi connectivity index (χ4n) is 7.05. The molecule has 0 bridgehead atoms. The lowest BCUT2D eigenvalue weighted by Crippen LogP contribution is -2.51. The van der Waals surface area contributed by atoms with E-state index in [1.807, 2.05) is 25.1 Å². The monoisotopic (exact) mass is 583 g/mol. The molecule has 3 fully saturated rings. The van der Waals surface area contributed by atoms with Crippen LogP contribution in [0.5, 0.6) is 0 Å². The summed E-state index contributed by atoms with van der Waals surface area (Å²) in [5.74, 6) is 0.291. The van der Waals surface area contributed by atoms with Crippen LogP contribution in [-0.4, -0.2) is 48.0 Å². The molecule has 1 unspecified atom stereocenters. The SMILES string of the molecule is Cc1cc(S(=O)C2CC3(CCN(C(C)C)CC3)C2)ccc1Nc1ncc2cc(C(F)F)c(=O)n(C3CCCC3)c2n1. The van der Waals surface area contributed by atoms with Gasteiger partial charge in [-0.25, -0.2) is 13.8 Å². The van der Waals surface area contributed by atoms with Crippen molar-refractivity contribution < 1.29 is 13.0 Å². The number of hydrogen-bond acceptors (Lipinski definition) is 6. The second-order valence-electron chi connectivity index (χ2n) is 12.5. The summed E-state index contributed by atoms with van der Waals surface area (Å²) in [6, 6.07) is 7.43. The molecule has 1 saturated heterocycles. The van der Waals surface area contributed by atoms with Gasteiger partial charge in [0, 0.05) is 39.5 Å². The van der Waals surface area contributed by atoms with Crippen LogP contribution in [0.4, 0.5) is 20.4 Å². The average molecular weight is 584 g/mol. The Balaban J connectivity index is 1.19. The first-order valence-electron chi connectivity index (χ1n) is 14.9. The van der Waals surface area contributed by atoms with Crippen LogP contribution in [-0.2, 0) is 10.8 Å². The minimum Gasteiger partial charge on any atom is -0.324 e. The zero-order chi connectivity index (χ0) is 28.9. The van der Waals surface area contributed by atoms with Gasteiger partial charge < -0.3 is 10.2 Å². The van der Waals surface area contributed by atoms with Crippen LogP contribution in [0.15, 0.2) is 40.2 Å². The van der Waals surface area contributed by atoms with Crippen LogP contribution in [0.25, 0.3) is 11.0 Å². The molecule has 0 radical (unpaired) electrons. The highest BCUT2D eigenvalue weighted by atomic mass is 32.2. The van der Waals surface area contributed by atoms with Gasteiger partial charge in [0.25, 0.3) is 12.0 Å². The Hall–Kier alpha value is -2.72. The first-order chi connectivity index (χ1) is 19.6. The van der Waals surface area contributed by atoms with Crippen molar-refractivity contribution in [1.29, 1.82) is 0 Å². The molecule has 220 valence electrons. The molecule has 2 saturated carbocycles. The summed E-state index contributed by atoms with van der Waals surface area (Å²) >= 11 is 0. The van der Waals surface area contributed by atoms with Crippen molar-refractivity contribution in [3.8, 4) is 0 Å². The molecule has 0 amide bonds. The van der Waals surface area contributed by atoms with Crippen molar-refractivity contribution in [1.82, 2.24) is 19.4 Å². The predicted molar refractivity (Wildman–Crippen MR) is 159 cm³/mol. The molecule has 10 heteroatoms. The second kappa shape index (κ2) is 11.2. The highest BCUT2D eigenvalue weighted by molar-refractivity contribution is 7.85. The lowest BCUT2D eigenvalue weighted by atomic mass is 9.63. The Morgan fingerprint density at radius 3 is 2.44 bits per heavy atom. The van der Waals surface area contributed by atoms with Crippen molar-refractivity contribution >= 4 is 33.5 Å². The van der Waals surface area contributed by atoms with Gasteiger partial charge in [-0.15, -0.1) is 0 Å². The largest absolute Gasteiger partial charge is 0.324 e. The Morgan fingerprint density at radius 1 is 1.10 bits per heavy atom. The van der Waals surface area contributed by atoms with E-state index in [1.54, 1.807) is 0 Å². The summed E-state index contributed by atoms with van der Waals surface area (Å²) in [5, 5.41) is 3.86. The highest BCUT2D eigenvalue weighted by Crippen LogP contribution is 2.52. The van der Waals surface area contributed by atoms with E-state index in [9.17, 15) is 17.8 Å². The fraction of sp³-hybridized carbons (Fsp3) is 0.581. The number of fused-ring (bicyclic) bond motifs is 1. The molecule has 2 aliphatic carbocycles. The van der Waals surface area contributed by atoms with E-state index >= 15 is 0 Å². The summed E-state index contributed by atoms with van der Waals surface area (Å²) in [4.78, 5) is 25.4. The number of rotatable bonds is 7. The molecule has 1 aromatic carbocycles. The minimum atomic E-state index is -2.85. The van der Waals surface area contributed by atoms with E-state index in [2.05, 4.69) is 34.0 Å². The number of aromatic nitrogens is 3. The predicted octanol–water partition coefficient (Wildman–Crippen LogP) is 6.66. The number of nitrogens with zero attached hydrogens (tertiary/aromatic N) is 4. The van der Waals surface area contributed by atoms with E-state index in [4.69, 9.17) is 0 Å². The number of pyridine rings is 1. The number of anilines is 2. The molecule has 1 spiro atoms. The number of aryl methyl sites for hydroxylation is 1. The standard InChI is InChI=1S/C31H39F2N5O2S/c1-19(2)37-12-10-31(11-13-37)16-24(17-31)41(40)23-8-9-26(20(3)14-23)35-30-34-18-21-15-25(27(32)33)29(39)38(28(21)36-30)22-6-4-5-7-22/h8-9,14-15,18-19,22,24,27H,4-7,10-13,16-17H2,1-3H3,(H,34,35,36). The third-order valence-electron chi connectivity index (χ3n) is 9.62. The Morgan fingerprint density at radius 2 is 1.80 bits per heavy atom. The van der Waals surface area contributed by atoms with Crippen LogP contribution in [0, 0.1) is 12.3 Å². The highest BCUT2D eigenvalue weighted by Gasteiger charge is 2.48. The number of nitrogens with one attached hydrogen (secondary N) is 1. The second-order valence-corrected chi connectivity index (χ2v) is 14.3. The summed E-state index contributed by atoms with van der Waals surface area (Å²) in [6.07, 6.45) is 6.56. The van der Waals surface area contributed by atoms with Gasteiger partial charge in [0.1, 0.15) is 5.65 Å². The fourth-order valence-corrected chi connectivity index (χ4v) is 8.94. The quantitative estimate of drug-likeness (QED) is 0.335. The van der Waals surface area contributed by atoms with Crippen LogP contribution >= 0.6 is 0 Å². The third kappa shape index (κ3) is 5.45. The molecule has 3 aromatic rings. The van der Waals surface area contributed by atoms with E-state index < -0.39 is 28.3 Å². The molecule has 2 aromatic heterocycles. The average Bonchev–Trinajstić information content (AvgIpc) is 3.46. The number of piperidine rings is 1. The smallest absolute Gasteiger partial charge is 0.269 e. The number of likely N-dealkylation sites (tertiary alicyclic amines) is 1. The molecule has 1 aliphatic heterocycles. The maximum Gasteiger partial charge on any atom is 0.269 e. The van der Waals surface area contributed by atoms with Crippen molar-refractivity contribution in [3.63, 3.8) is 0 Å². The number of alkyl halides is 2. The van der Waals surface area contributed by atoms with Gasteiger partial charge in [-0.2, -0.15) is 4.98 Å². The first-order valence-corrected chi connectivity index (χ1v) is 16.1. The summed E-state index contributed by atoms with van der Waals surface area (Å²) < 4.78 is 42.2.